The SMILES string of the molecule is CCC(=O)Nc1ccc(N=Cc2cc(Cl)cc(Br)c2O)cc1Cl. The molecule has 2 aromatic carbocycles. The zero-order chi connectivity index (χ0) is 17.0. The molecule has 0 heterocycles. The number of aliphatic imine (C=N–C) groups is 1. The Morgan fingerprint density at radius 1 is 1.35 bits per heavy atom. The molecule has 0 unspecified atom stereocenters. The lowest BCUT2D eigenvalue weighted by Gasteiger charge is -2.06. The molecule has 120 valence electrons. The summed E-state index contributed by atoms with van der Waals surface area (Å²) in [5.74, 6) is -0.0621. The molecule has 0 bridgehead atoms. The molecule has 0 radical (unpaired) electrons. The van der Waals surface area contributed by atoms with Gasteiger partial charge in [0.15, 0.2) is 0 Å². The van der Waals surface area contributed by atoms with Gasteiger partial charge in [0.25, 0.3) is 0 Å². The zero-order valence-electron chi connectivity index (χ0n) is 12.1. The Kier molecular flexibility index (Phi) is 6.04. The largest absolute Gasteiger partial charge is 0.506 e. The van der Waals surface area contributed by atoms with E-state index in [4.69, 9.17) is 23.2 Å². The third-order valence-corrected chi connectivity index (χ3v) is 4.09. The van der Waals surface area contributed by atoms with Crippen molar-refractivity contribution in [3.05, 3.63) is 50.4 Å². The fourth-order valence-electron chi connectivity index (χ4n) is 1.75. The van der Waals surface area contributed by atoms with Crippen LogP contribution in [0.3, 0.4) is 0 Å². The number of halogens is 3. The van der Waals surface area contributed by atoms with Crippen LogP contribution >= 0.6 is 39.1 Å². The first-order chi connectivity index (χ1) is 10.9. The van der Waals surface area contributed by atoms with Crippen LogP contribution in [0.5, 0.6) is 5.75 Å². The van der Waals surface area contributed by atoms with E-state index in [0.717, 1.165) is 0 Å². The fraction of sp³-hybridized carbons (Fsp3) is 0.125. The first kappa shape index (κ1) is 17.8. The van der Waals surface area contributed by atoms with Gasteiger partial charge in [-0.1, -0.05) is 30.1 Å². The summed E-state index contributed by atoms with van der Waals surface area (Å²) in [5.41, 5.74) is 1.59. The number of hydrogen-bond acceptors (Lipinski definition) is 3. The van der Waals surface area contributed by atoms with E-state index < -0.39 is 0 Å². The molecule has 0 aromatic heterocycles. The van der Waals surface area contributed by atoms with Gasteiger partial charge >= 0.3 is 0 Å². The van der Waals surface area contributed by atoms with E-state index in [2.05, 4.69) is 26.2 Å². The molecule has 1 amide bonds. The van der Waals surface area contributed by atoms with Crippen molar-refractivity contribution < 1.29 is 9.90 Å². The summed E-state index contributed by atoms with van der Waals surface area (Å²) >= 11 is 15.3. The highest BCUT2D eigenvalue weighted by Gasteiger charge is 2.07. The quantitative estimate of drug-likeness (QED) is 0.642. The van der Waals surface area contributed by atoms with Crippen LogP contribution in [-0.4, -0.2) is 17.2 Å². The van der Waals surface area contributed by atoms with Gasteiger partial charge in [-0.15, -0.1) is 0 Å². The maximum absolute atomic E-state index is 11.4. The molecule has 0 saturated carbocycles. The number of carbonyl (C=O) groups is 1. The molecule has 0 saturated heterocycles. The first-order valence-corrected chi connectivity index (χ1v) is 8.27. The lowest BCUT2D eigenvalue weighted by Crippen LogP contribution is -2.09. The molecule has 0 aliphatic heterocycles. The van der Waals surface area contributed by atoms with Crippen LogP contribution in [0, 0.1) is 0 Å². The lowest BCUT2D eigenvalue weighted by molar-refractivity contribution is -0.115. The molecular formula is C16H13BrCl2N2O2. The zero-order valence-corrected chi connectivity index (χ0v) is 15.2. The number of nitrogens with zero attached hydrogens (tertiary/aromatic N) is 1. The van der Waals surface area contributed by atoms with Gasteiger partial charge in [-0.05, 0) is 46.3 Å². The maximum atomic E-state index is 11.4. The summed E-state index contributed by atoms with van der Waals surface area (Å²) in [6, 6.07) is 8.21. The topological polar surface area (TPSA) is 61.7 Å². The first-order valence-electron chi connectivity index (χ1n) is 6.72. The van der Waals surface area contributed by atoms with Crippen molar-refractivity contribution in [1.29, 1.82) is 0 Å². The van der Waals surface area contributed by atoms with Crippen molar-refractivity contribution >= 4 is 62.6 Å². The van der Waals surface area contributed by atoms with Gasteiger partial charge in [0.1, 0.15) is 5.75 Å². The summed E-state index contributed by atoms with van der Waals surface area (Å²) in [7, 11) is 0. The highest BCUT2D eigenvalue weighted by molar-refractivity contribution is 9.10. The molecule has 0 fully saturated rings. The number of amides is 1. The van der Waals surface area contributed by atoms with Gasteiger partial charge in [0.2, 0.25) is 5.91 Å². The highest BCUT2D eigenvalue weighted by Crippen LogP contribution is 2.31. The molecule has 0 spiro atoms. The minimum absolute atomic E-state index is 0.0519. The van der Waals surface area contributed by atoms with Crippen molar-refractivity contribution in [2.45, 2.75) is 13.3 Å². The van der Waals surface area contributed by atoms with Crippen LogP contribution in [0.25, 0.3) is 0 Å². The van der Waals surface area contributed by atoms with E-state index in [-0.39, 0.29) is 11.7 Å². The number of benzene rings is 2. The average molecular weight is 416 g/mol. The van der Waals surface area contributed by atoms with Crippen molar-refractivity contribution in [2.24, 2.45) is 4.99 Å². The number of anilines is 1. The van der Waals surface area contributed by atoms with Crippen LogP contribution in [0.15, 0.2) is 39.8 Å². The maximum Gasteiger partial charge on any atom is 0.224 e. The summed E-state index contributed by atoms with van der Waals surface area (Å²) < 4.78 is 0.488. The van der Waals surface area contributed by atoms with Crippen LogP contribution in [0.4, 0.5) is 11.4 Å². The van der Waals surface area contributed by atoms with Gasteiger partial charge in [-0.3, -0.25) is 9.79 Å². The third kappa shape index (κ3) is 4.70. The Morgan fingerprint density at radius 3 is 2.74 bits per heavy atom. The lowest BCUT2D eigenvalue weighted by atomic mass is 10.2. The Balaban J connectivity index is 2.24. The van der Waals surface area contributed by atoms with E-state index >= 15 is 0 Å². The van der Waals surface area contributed by atoms with Crippen molar-refractivity contribution in [2.75, 3.05) is 5.32 Å². The number of carbonyl (C=O) groups excluding carboxylic acids is 1. The molecule has 0 aliphatic carbocycles. The molecule has 0 aliphatic rings. The molecule has 23 heavy (non-hydrogen) atoms. The monoisotopic (exact) mass is 414 g/mol. The molecule has 7 heteroatoms. The second kappa shape index (κ2) is 7.81. The summed E-state index contributed by atoms with van der Waals surface area (Å²) in [4.78, 5) is 15.6. The van der Waals surface area contributed by atoms with Crippen molar-refractivity contribution in [3.8, 4) is 5.75 Å². The Hall–Kier alpha value is -1.56. The van der Waals surface area contributed by atoms with Crippen LogP contribution < -0.4 is 5.32 Å². The molecule has 2 rings (SSSR count). The smallest absolute Gasteiger partial charge is 0.224 e. The van der Waals surface area contributed by atoms with Gasteiger partial charge in [0.05, 0.1) is 20.9 Å². The number of aromatic hydroxyl groups is 1. The Labute approximate surface area is 152 Å². The number of hydrogen-bond donors (Lipinski definition) is 2. The average Bonchev–Trinajstić information content (AvgIpc) is 2.51. The number of phenols is 1. The number of nitrogens with one attached hydrogen (secondary N) is 1. The summed E-state index contributed by atoms with van der Waals surface area (Å²) in [6.07, 6.45) is 1.86. The Morgan fingerprint density at radius 2 is 2.09 bits per heavy atom. The van der Waals surface area contributed by atoms with Crippen LogP contribution in [0.1, 0.15) is 18.9 Å². The van der Waals surface area contributed by atoms with E-state index in [1.807, 2.05) is 0 Å². The second-order valence-electron chi connectivity index (χ2n) is 4.65. The standard InChI is InChI=1S/C16H13BrCl2N2O2/c1-2-15(22)21-14-4-3-11(7-13(14)19)20-8-9-5-10(18)6-12(17)16(9)23/h3-8,23H,2H2,1H3,(H,21,22). The normalized spacial score (nSPS) is 11.0. The molecule has 0 atom stereocenters. The highest BCUT2D eigenvalue weighted by atomic mass is 79.9. The fourth-order valence-corrected chi connectivity index (χ4v) is 2.81. The van der Waals surface area contributed by atoms with E-state index in [0.29, 0.717) is 37.9 Å². The minimum atomic E-state index is -0.114. The number of phenolic OH excluding ortho intramolecular Hbond substituents is 1. The Bertz CT molecular complexity index is 779. The van der Waals surface area contributed by atoms with E-state index in [1.165, 1.54) is 6.21 Å². The van der Waals surface area contributed by atoms with Crippen molar-refractivity contribution in [1.82, 2.24) is 0 Å². The molecule has 2 N–H and O–H groups in total. The predicted octanol–water partition coefficient (Wildman–Crippen LogP) is 5.56. The van der Waals surface area contributed by atoms with Crippen LogP contribution in [0.2, 0.25) is 10.0 Å². The predicted molar refractivity (Wildman–Crippen MR) is 98.4 cm³/mol. The van der Waals surface area contributed by atoms with Gasteiger partial charge in [-0.2, -0.15) is 0 Å². The molecule has 4 nitrogen and oxygen atoms in total. The van der Waals surface area contributed by atoms with Crippen LogP contribution in [-0.2, 0) is 4.79 Å². The van der Waals surface area contributed by atoms with Gasteiger partial charge in [-0.25, -0.2) is 0 Å². The van der Waals surface area contributed by atoms with E-state index in [9.17, 15) is 9.90 Å². The number of rotatable bonds is 4. The second-order valence-corrected chi connectivity index (χ2v) is 6.35. The summed E-state index contributed by atoms with van der Waals surface area (Å²) in [6.45, 7) is 1.76. The van der Waals surface area contributed by atoms with Gasteiger partial charge < -0.3 is 10.4 Å². The van der Waals surface area contributed by atoms with E-state index in [1.54, 1.807) is 37.3 Å². The van der Waals surface area contributed by atoms with Gasteiger partial charge in [0, 0.05) is 23.2 Å². The summed E-state index contributed by atoms with van der Waals surface area (Å²) in [5, 5.41) is 13.5. The molecule has 2 aromatic rings. The third-order valence-electron chi connectivity index (χ3n) is 2.96. The molecular weight excluding hydrogens is 403 g/mol. The van der Waals surface area contributed by atoms with Crippen molar-refractivity contribution in [3.63, 3.8) is 0 Å². The minimum Gasteiger partial charge on any atom is -0.506 e.